The minimum absolute atomic E-state index is 0.129. The van der Waals surface area contributed by atoms with Crippen LogP contribution in [-0.2, 0) is 16.1 Å². The van der Waals surface area contributed by atoms with Crippen molar-refractivity contribution in [3.8, 4) is 28.7 Å². The highest BCUT2D eigenvalue weighted by atomic mass is 16.5. The number of carbonyl (C=O) groups excluding carboxylic acids is 1. The first kappa shape index (κ1) is 21.8. The normalized spacial score (nSPS) is 10.5. The minimum Gasteiger partial charge on any atom is -0.493 e. The molecule has 6 heteroatoms. The minimum atomic E-state index is -0.469. The first-order valence-corrected chi connectivity index (χ1v) is 9.59. The molecule has 160 valence electrons. The van der Waals surface area contributed by atoms with E-state index in [4.69, 9.17) is 23.7 Å². The second-order valence-electron chi connectivity index (χ2n) is 6.46. The smallest absolute Gasteiger partial charge is 0.331 e. The van der Waals surface area contributed by atoms with Gasteiger partial charge < -0.3 is 23.7 Å². The molecule has 0 saturated heterocycles. The van der Waals surface area contributed by atoms with E-state index in [-0.39, 0.29) is 6.61 Å². The molecule has 0 atom stereocenters. The summed E-state index contributed by atoms with van der Waals surface area (Å²) in [6.45, 7) is 0.129. The number of para-hydroxylation sites is 1. The Morgan fingerprint density at radius 2 is 1.48 bits per heavy atom. The first-order chi connectivity index (χ1) is 15.1. The zero-order chi connectivity index (χ0) is 22.1. The van der Waals surface area contributed by atoms with E-state index < -0.39 is 5.97 Å². The molecule has 3 aromatic rings. The lowest BCUT2D eigenvalue weighted by atomic mass is 10.1. The second kappa shape index (κ2) is 10.7. The van der Waals surface area contributed by atoms with Crippen LogP contribution in [0.25, 0.3) is 6.08 Å². The Labute approximate surface area is 181 Å². The van der Waals surface area contributed by atoms with E-state index in [2.05, 4.69) is 0 Å². The summed E-state index contributed by atoms with van der Waals surface area (Å²) in [5, 5.41) is 0. The first-order valence-electron chi connectivity index (χ1n) is 9.59. The third-order valence-corrected chi connectivity index (χ3v) is 4.36. The number of carbonyl (C=O) groups is 1. The van der Waals surface area contributed by atoms with E-state index >= 15 is 0 Å². The zero-order valence-corrected chi connectivity index (χ0v) is 17.7. The number of benzene rings is 3. The lowest BCUT2D eigenvalue weighted by Gasteiger charge is -2.12. The Hall–Kier alpha value is -3.93. The Bertz CT molecular complexity index is 1020. The van der Waals surface area contributed by atoms with Crippen molar-refractivity contribution >= 4 is 12.0 Å². The summed E-state index contributed by atoms with van der Waals surface area (Å²) in [7, 11) is 4.61. The van der Waals surface area contributed by atoms with E-state index in [0.717, 1.165) is 11.3 Å². The molecule has 0 radical (unpaired) electrons. The summed E-state index contributed by atoms with van der Waals surface area (Å²) in [5.74, 6) is 2.44. The van der Waals surface area contributed by atoms with Crippen molar-refractivity contribution in [2.45, 2.75) is 6.61 Å². The molecule has 3 aromatic carbocycles. The van der Waals surface area contributed by atoms with Gasteiger partial charge >= 0.3 is 5.97 Å². The molecule has 0 aliphatic carbocycles. The Morgan fingerprint density at radius 3 is 2.13 bits per heavy atom. The maximum absolute atomic E-state index is 12.2. The molecule has 0 spiro atoms. The summed E-state index contributed by atoms with van der Waals surface area (Å²) in [6, 6.07) is 20.4. The van der Waals surface area contributed by atoms with E-state index in [9.17, 15) is 4.79 Å². The fourth-order valence-electron chi connectivity index (χ4n) is 2.89. The van der Waals surface area contributed by atoms with Crippen molar-refractivity contribution in [2.24, 2.45) is 0 Å². The van der Waals surface area contributed by atoms with Crippen LogP contribution in [-0.4, -0.2) is 27.3 Å². The zero-order valence-electron chi connectivity index (χ0n) is 17.7. The number of hydrogen-bond acceptors (Lipinski definition) is 6. The van der Waals surface area contributed by atoms with Crippen LogP contribution in [0.4, 0.5) is 0 Å². The maximum atomic E-state index is 12.2. The largest absolute Gasteiger partial charge is 0.493 e. The lowest BCUT2D eigenvalue weighted by Crippen LogP contribution is -2.01. The Kier molecular flexibility index (Phi) is 7.54. The van der Waals surface area contributed by atoms with Crippen molar-refractivity contribution in [3.63, 3.8) is 0 Å². The predicted octanol–water partition coefficient (Wildman–Crippen LogP) is 5.26. The number of esters is 1. The Morgan fingerprint density at radius 1 is 0.806 bits per heavy atom. The van der Waals surface area contributed by atoms with Gasteiger partial charge in [-0.15, -0.1) is 0 Å². The van der Waals surface area contributed by atoms with Gasteiger partial charge in [-0.2, -0.15) is 0 Å². The van der Waals surface area contributed by atoms with E-state index in [1.165, 1.54) is 27.4 Å². The van der Waals surface area contributed by atoms with Gasteiger partial charge in [-0.3, -0.25) is 0 Å². The highest BCUT2D eigenvalue weighted by Crippen LogP contribution is 2.38. The fourth-order valence-corrected chi connectivity index (χ4v) is 2.89. The highest BCUT2D eigenvalue weighted by molar-refractivity contribution is 5.87. The molecule has 0 aliphatic rings. The number of hydrogen-bond donors (Lipinski definition) is 0. The molecule has 0 saturated carbocycles. The Balaban J connectivity index is 1.61. The molecule has 0 aliphatic heterocycles. The van der Waals surface area contributed by atoms with E-state index in [0.29, 0.717) is 28.6 Å². The summed E-state index contributed by atoms with van der Waals surface area (Å²) >= 11 is 0. The molecule has 0 fully saturated rings. The van der Waals surface area contributed by atoms with Crippen molar-refractivity contribution in [2.75, 3.05) is 21.3 Å². The van der Waals surface area contributed by atoms with Gasteiger partial charge in [0.1, 0.15) is 18.1 Å². The predicted molar refractivity (Wildman–Crippen MR) is 118 cm³/mol. The fraction of sp³-hybridized carbons (Fsp3) is 0.160. The SMILES string of the molecule is COc1cc(C=CC(=O)OCc2cccc(Oc3ccccc3)c2)cc(OC)c1OC. The van der Waals surface area contributed by atoms with Crippen LogP contribution in [0.2, 0.25) is 0 Å². The molecule has 0 heterocycles. The lowest BCUT2D eigenvalue weighted by molar-refractivity contribution is -0.138. The van der Waals surface area contributed by atoms with Gasteiger partial charge in [-0.05, 0) is 53.6 Å². The van der Waals surface area contributed by atoms with E-state index in [1.807, 2.05) is 54.6 Å². The third-order valence-electron chi connectivity index (χ3n) is 4.36. The molecule has 0 bridgehead atoms. The molecule has 3 rings (SSSR count). The quantitative estimate of drug-likeness (QED) is 0.348. The molecular formula is C25H24O6. The molecule has 0 N–H and O–H groups in total. The topological polar surface area (TPSA) is 63.2 Å². The molecule has 31 heavy (non-hydrogen) atoms. The van der Waals surface area contributed by atoms with Crippen LogP contribution in [0.1, 0.15) is 11.1 Å². The van der Waals surface area contributed by atoms with Gasteiger partial charge in [0, 0.05) is 6.08 Å². The standard InChI is InChI=1S/C25H24O6/c1-27-22-15-18(16-23(28-2)25(22)29-3)12-13-24(26)30-17-19-8-7-11-21(14-19)31-20-9-5-4-6-10-20/h4-16H,17H2,1-3H3. The number of ether oxygens (including phenoxy) is 5. The van der Waals surface area contributed by atoms with Gasteiger partial charge in [-0.25, -0.2) is 4.79 Å². The van der Waals surface area contributed by atoms with Crippen LogP contribution in [0.15, 0.2) is 72.8 Å². The van der Waals surface area contributed by atoms with Crippen LogP contribution in [0.3, 0.4) is 0 Å². The molecule has 6 nitrogen and oxygen atoms in total. The van der Waals surface area contributed by atoms with Gasteiger partial charge in [0.25, 0.3) is 0 Å². The summed E-state index contributed by atoms with van der Waals surface area (Å²) < 4.78 is 27.1. The summed E-state index contributed by atoms with van der Waals surface area (Å²) in [6.07, 6.45) is 2.98. The highest BCUT2D eigenvalue weighted by Gasteiger charge is 2.12. The van der Waals surface area contributed by atoms with Gasteiger partial charge in [0.2, 0.25) is 5.75 Å². The average molecular weight is 420 g/mol. The van der Waals surface area contributed by atoms with Crippen molar-refractivity contribution in [3.05, 3.63) is 83.9 Å². The molecular weight excluding hydrogens is 396 g/mol. The van der Waals surface area contributed by atoms with Crippen LogP contribution in [0.5, 0.6) is 28.7 Å². The van der Waals surface area contributed by atoms with Crippen molar-refractivity contribution < 1.29 is 28.5 Å². The summed E-state index contributed by atoms with van der Waals surface area (Å²) in [5.41, 5.74) is 1.53. The molecule has 0 aromatic heterocycles. The number of rotatable bonds is 9. The van der Waals surface area contributed by atoms with Gasteiger partial charge in [0.15, 0.2) is 11.5 Å². The molecule has 0 unspecified atom stereocenters. The van der Waals surface area contributed by atoms with Crippen molar-refractivity contribution in [1.82, 2.24) is 0 Å². The molecule has 0 amide bonds. The average Bonchev–Trinajstić information content (AvgIpc) is 2.81. The summed E-state index contributed by atoms with van der Waals surface area (Å²) in [4.78, 5) is 12.2. The van der Waals surface area contributed by atoms with E-state index in [1.54, 1.807) is 18.2 Å². The monoisotopic (exact) mass is 420 g/mol. The second-order valence-corrected chi connectivity index (χ2v) is 6.46. The van der Waals surface area contributed by atoms with Crippen LogP contribution in [0, 0.1) is 0 Å². The third kappa shape index (κ3) is 6.02. The van der Waals surface area contributed by atoms with Gasteiger partial charge in [0.05, 0.1) is 21.3 Å². The maximum Gasteiger partial charge on any atom is 0.331 e. The van der Waals surface area contributed by atoms with Crippen LogP contribution >= 0.6 is 0 Å². The number of methoxy groups -OCH3 is 3. The van der Waals surface area contributed by atoms with Crippen LogP contribution < -0.4 is 18.9 Å². The van der Waals surface area contributed by atoms with Gasteiger partial charge in [-0.1, -0.05) is 30.3 Å². The van der Waals surface area contributed by atoms with Crippen molar-refractivity contribution in [1.29, 1.82) is 0 Å².